The van der Waals surface area contributed by atoms with Gasteiger partial charge in [0.2, 0.25) is 11.0 Å². The van der Waals surface area contributed by atoms with Crippen molar-refractivity contribution in [1.29, 1.82) is 0 Å². The molecule has 3 rings (SSSR count). The highest BCUT2D eigenvalue weighted by Crippen LogP contribution is 2.36. The Hall–Kier alpha value is -2.44. The molecule has 0 spiro atoms. The summed E-state index contributed by atoms with van der Waals surface area (Å²) < 4.78 is 0. The molecule has 0 saturated heterocycles. The Morgan fingerprint density at radius 1 is 1.22 bits per heavy atom. The van der Waals surface area contributed by atoms with Crippen LogP contribution in [0.3, 0.4) is 0 Å². The Balaban J connectivity index is 1.73. The zero-order valence-electron chi connectivity index (χ0n) is 12.0. The molecule has 0 saturated carbocycles. The normalized spacial score (nSPS) is 11.2. The topological polar surface area (TPSA) is 72.8 Å². The van der Waals surface area contributed by atoms with Crippen molar-refractivity contribution in [2.24, 2.45) is 10.2 Å². The number of hydrogen-bond donors (Lipinski definition) is 3. The van der Waals surface area contributed by atoms with Gasteiger partial charge in [0.25, 0.3) is 0 Å². The van der Waals surface area contributed by atoms with Gasteiger partial charge in [-0.1, -0.05) is 41.9 Å². The molecule has 0 radical (unpaired) electrons. The van der Waals surface area contributed by atoms with E-state index in [1.54, 1.807) is 18.2 Å². The molecule has 1 heterocycles. The second kappa shape index (κ2) is 6.76. The van der Waals surface area contributed by atoms with Gasteiger partial charge in [-0.3, -0.25) is 0 Å². The molecule has 0 aliphatic carbocycles. The number of benzene rings is 2. The lowest BCUT2D eigenvalue weighted by molar-refractivity contribution is 0.459. The first-order chi connectivity index (χ1) is 11.1. The summed E-state index contributed by atoms with van der Waals surface area (Å²) in [6.45, 7) is 0.560. The maximum atomic E-state index is 9.93. The van der Waals surface area contributed by atoms with Gasteiger partial charge >= 0.3 is 0 Å². The van der Waals surface area contributed by atoms with Gasteiger partial charge in [-0.15, -0.1) is 10.2 Å². The van der Waals surface area contributed by atoms with Crippen molar-refractivity contribution in [1.82, 2.24) is 10.3 Å². The average Bonchev–Trinajstić information content (AvgIpc) is 2.86. The Kier molecular flexibility index (Phi) is 4.55. The van der Waals surface area contributed by atoms with E-state index in [0.29, 0.717) is 22.6 Å². The Bertz CT molecular complexity index is 876. The van der Waals surface area contributed by atoms with Gasteiger partial charge in [0.05, 0.1) is 5.52 Å². The maximum Gasteiger partial charge on any atom is 0.218 e. The van der Waals surface area contributed by atoms with Crippen molar-refractivity contribution in [2.75, 3.05) is 0 Å². The van der Waals surface area contributed by atoms with Crippen LogP contribution >= 0.6 is 23.8 Å². The summed E-state index contributed by atoms with van der Waals surface area (Å²) in [6.07, 6.45) is 0. The van der Waals surface area contributed by atoms with Crippen LogP contribution in [-0.4, -0.2) is 15.2 Å². The highest BCUT2D eigenvalue weighted by Gasteiger charge is 2.10. The van der Waals surface area contributed by atoms with E-state index < -0.39 is 0 Å². The quantitative estimate of drug-likeness (QED) is 0.477. The summed E-state index contributed by atoms with van der Waals surface area (Å²) in [4.78, 5) is 2.82. The van der Waals surface area contributed by atoms with Gasteiger partial charge in [-0.2, -0.15) is 0 Å². The number of nitrogens with zero attached hydrogens (tertiary/aromatic N) is 2. The first kappa shape index (κ1) is 15.5. The first-order valence-electron chi connectivity index (χ1n) is 6.87. The molecule has 3 aromatic rings. The van der Waals surface area contributed by atoms with E-state index in [0.717, 1.165) is 11.1 Å². The summed E-state index contributed by atoms with van der Waals surface area (Å²) in [5.41, 5.74) is 2.13. The van der Waals surface area contributed by atoms with Crippen LogP contribution in [0.4, 0.5) is 5.69 Å². The van der Waals surface area contributed by atoms with Crippen molar-refractivity contribution in [3.05, 3.63) is 59.1 Å². The SMILES string of the molecule is Oc1[nH]c2ccc(Cl)cc2c1N=NC(=S)NCc1ccccc1. The lowest BCUT2D eigenvalue weighted by atomic mass is 10.2. The number of hydrogen-bond acceptors (Lipinski definition) is 3. The molecule has 1 aromatic heterocycles. The molecule has 0 unspecified atom stereocenters. The highest BCUT2D eigenvalue weighted by molar-refractivity contribution is 7.80. The van der Waals surface area contributed by atoms with Gasteiger partial charge < -0.3 is 15.4 Å². The zero-order valence-corrected chi connectivity index (χ0v) is 13.5. The van der Waals surface area contributed by atoms with Crippen LogP contribution in [-0.2, 0) is 6.54 Å². The number of azo groups is 1. The molecule has 0 fully saturated rings. The largest absolute Gasteiger partial charge is 0.493 e. The lowest BCUT2D eigenvalue weighted by Gasteiger charge is -2.02. The van der Waals surface area contributed by atoms with E-state index in [2.05, 4.69) is 20.5 Å². The van der Waals surface area contributed by atoms with E-state index in [9.17, 15) is 5.11 Å². The number of aromatic amines is 1. The number of aromatic nitrogens is 1. The monoisotopic (exact) mass is 344 g/mol. The van der Waals surface area contributed by atoms with E-state index in [4.69, 9.17) is 23.8 Å². The third kappa shape index (κ3) is 3.67. The van der Waals surface area contributed by atoms with Gasteiger partial charge in [0, 0.05) is 17.0 Å². The van der Waals surface area contributed by atoms with Crippen molar-refractivity contribution < 1.29 is 5.11 Å². The van der Waals surface area contributed by atoms with Crippen LogP contribution in [0.15, 0.2) is 58.8 Å². The standard InChI is InChI=1S/C16H13ClN4OS/c17-11-6-7-13-12(8-11)14(15(22)19-13)20-21-16(23)18-9-10-4-2-1-3-5-10/h1-8,19,22H,9H2,(H,18,23). The molecule has 23 heavy (non-hydrogen) atoms. The average molecular weight is 345 g/mol. The molecule has 0 amide bonds. The van der Waals surface area contributed by atoms with Crippen LogP contribution in [0.5, 0.6) is 5.88 Å². The Morgan fingerprint density at radius 3 is 2.78 bits per heavy atom. The van der Waals surface area contributed by atoms with Crippen molar-refractivity contribution in [3.63, 3.8) is 0 Å². The van der Waals surface area contributed by atoms with Crippen LogP contribution in [0, 0.1) is 0 Å². The van der Waals surface area contributed by atoms with Crippen LogP contribution in [0.25, 0.3) is 10.9 Å². The van der Waals surface area contributed by atoms with Gasteiger partial charge in [0.1, 0.15) is 0 Å². The fraction of sp³-hybridized carbons (Fsp3) is 0.0625. The number of rotatable bonds is 3. The smallest absolute Gasteiger partial charge is 0.218 e. The number of halogens is 1. The second-order valence-electron chi connectivity index (χ2n) is 4.86. The van der Waals surface area contributed by atoms with Crippen molar-refractivity contribution in [2.45, 2.75) is 6.54 Å². The summed E-state index contributed by atoms with van der Waals surface area (Å²) in [5.74, 6) is -0.0723. The summed E-state index contributed by atoms with van der Waals surface area (Å²) in [7, 11) is 0. The molecule has 0 bridgehead atoms. The lowest BCUT2D eigenvalue weighted by Crippen LogP contribution is -2.18. The third-order valence-corrected chi connectivity index (χ3v) is 3.70. The van der Waals surface area contributed by atoms with Crippen LogP contribution in [0.1, 0.15) is 5.56 Å². The minimum Gasteiger partial charge on any atom is -0.493 e. The second-order valence-corrected chi connectivity index (χ2v) is 5.68. The van der Waals surface area contributed by atoms with Gasteiger partial charge in [-0.25, -0.2) is 0 Å². The molecular formula is C16H13ClN4OS. The van der Waals surface area contributed by atoms with E-state index in [-0.39, 0.29) is 11.0 Å². The molecule has 0 atom stereocenters. The molecule has 3 N–H and O–H groups in total. The summed E-state index contributed by atoms with van der Waals surface area (Å²) >= 11 is 11.1. The van der Waals surface area contributed by atoms with Crippen LogP contribution in [0.2, 0.25) is 5.02 Å². The molecule has 7 heteroatoms. The predicted molar refractivity (Wildman–Crippen MR) is 95.4 cm³/mol. The zero-order chi connectivity index (χ0) is 16.2. The number of fused-ring (bicyclic) bond motifs is 1. The Morgan fingerprint density at radius 2 is 2.00 bits per heavy atom. The van der Waals surface area contributed by atoms with E-state index in [1.165, 1.54) is 0 Å². The van der Waals surface area contributed by atoms with Crippen LogP contribution < -0.4 is 5.32 Å². The molecule has 2 aromatic carbocycles. The number of H-pyrrole nitrogens is 1. The fourth-order valence-corrected chi connectivity index (χ4v) is 2.43. The number of aromatic hydroxyl groups is 1. The molecule has 5 nitrogen and oxygen atoms in total. The summed E-state index contributed by atoms with van der Waals surface area (Å²) in [5, 5.41) is 22.4. The first-order valence-corrected chi connectivity index (χ1v) is 7.66. The fourth-order valence-electron chi connectivity index (χ4n) is 2.14. The minimum atomic E-state index is -0.0723. The van der Waals surface area contributed by atoms with E-state index in [1.807, 2.05) is 30.3 Å². The summed E-state index contributed by atoms with van der Waals surface area (Å²) in [6, 6.07) is 15.0. The number of nitrogens with one attached hydrogen (secondary N) is 2. The van der Waals surface area contributed by atoms with E-state index >= 15 is 0 Å². The maximum absolute atomic E-state index is 9.93. The molecule has 0 aliphatic heterocycles. The Labute approximate surface area is 143 Å². The molecule has 0 aliphatic rings. The van der Waals surface area contributed by atoms with Crippen molar-refractivity contribution in [3.8, 4) is 5.88 Å². The third-order valence-electron chi connectivity index (χ3n) is 3.24. The number of thiocarbonyl (C=S) groups is 1. The van der Waals surface area contributed by atoms with Gasteiger partial charge in [0.15, 0.2) is 5.69 Å². The molecular weight excluding hydrogens is 332 g/mol. The minimum absolute atomic E-state index is 0.0723. The molecule has 116 valence electrons. The predicted octanol–water partition coefficient (Wildman–Crippen LogP) is 4.69. The highest BCUT2D eigenvalue weighted by atomic mass is 35.5. The van der Waals surface area contributed by atoms with Gasteiger partial charge in [-0.05, 0) is 36.0 Å². The van der Waals surface area contributed by atoms with Crippen molar-refractivity contribution >= 4 is 45.5 Å².